The summed E-state index contributed by atoms with van der Waals surface area (Å²) < 4.78 is 0. The SMILES string of the molecule is C.C.C.C.CCC[Si](C)(C)C.CCc1ccccc1. The van der Waals surface area contributed by atoms with Crippen molar-refractivity contribution in [3.8, 4) is 0 Å². The lowest BCUT2D eigenvalue weighted by molar-refractivity contribution is 1.05. The van der Waals surface area contributed by atoms with Crippen LogP contribution in [0.5, 0.6) is 0 Å². The quantitative estimate of drug-likeness (QED) is 0.504. The van der Waals surface area contributed by atoms with Gasteiger partial charge in [-0.3, -0.25) is 0 Å². The maximum atomic E-state index is 2.41. The molecule has 0 bridgehead atoms. The molecule has 0 saturated carbocycles. The van der Waals surface area contributed by atoms with Gasteiger partial charge in [-0.15, -0.1) is 0 Å². The molecule has 1 aromatic rings. The van der Waals surface area contributed by atoms with Crippen LogP contribution in [-0.2, 0) is 6.42 Å². The Labute approximate surface area is 126 Å². The lowest BCUT2D eigenvalue weighted by Gasteiger charge is -2.12. The minimum Gasteiger partial charge on any atom is -0.0776 e. The van der Waals surface area contributed by atoms with E-state index in [0.717, 1.165) is 6.42 Å². The normalized spacial score (nSPS) is 8.26. The van der Waals surface area contributed by atoms with E-state index in [-0.39, 0.29) is 29.7 Å². The molecule has 118 valence electrons. The van der Waals surface area contributed by atoms with Crippen molar-refractivity contribution in [1.82, 2.24) is 0 Å². The van der Waals surface area contributed by atoms with E-state index in [1.165, 1.54) is 18.0 Å². The van der Waals surface area contributed by atoms with Gasteiger partial charge in [0.05, 0.1) is 0 Å². The zero-order valence-corrected chi connectivity index (χ0v) is 12.0. The fourth-order valence-corrected chi connectivity index (χ4v) is 2.96. The average molecular weight is 287 g/mol. The van der Waals surface area contributed by atoms with Crippen LogP contribution >= 0.6 is 0 Å². The molecule has 1 aromatic carbocycles. The second-order valence-electron chi connectivity index (χ2n) is 5.15. The van der Waals surface area contributed by atoms with Crippen LogP contribution in [0.3, 0.4) is 0 Å². The van der Waals surface area contributed by atoms with Gasteiger partial charge in [0, 0.05) is 8.07 Å². The molecule has 0 N–H and O–H groups in total. The molecule has 0 heterocycles. The van der Waals surface area contributed by atoms with E-state index < -0.39 is 8.07 Å². The van der Waals surface area contributed by atoms with Gasteiger partial charge >= 0.3 is 0 Å². The van der Waals surface area contributed by atoms with Crippen LogP contribution in [-0.4, -0.2) is 8.07 Å². The summed E-state index contributed by atoms with van der Waals surface area (Å²) in [7, 11) is -0.657. The minimum absolute atomic E-state index is 0. The summed E-state index contributed by atoms with van der Waals surface area (Å²) in [5.74, 6) is 0. The number of hydrogen-bond acceptors (Lipinski definition) is 0. The molecule has 1 heteroatoms. The van der Waals surface area contributed by atoms with E-state index in [0.29, 0.717) is 0 Å². The van der Waals surface area contributed by atoms with E-state index in [4.69, 9.17) is 0 Å². The first-order valence-electron chi connectivity index (χ1n) is 6.03. The molecule has 1 rings (SSSR count). The van der Waals surface area contributed by atoms with Crippen molar-refractivity contribution in [3.05, 3.63) is 35.9 Å². The third kappa shape index (κ3) is 23.0. The number of rotatable bonds is 3. The highest BCUT2D eigenvalue weighted by Crippen LogP contribution is 2.09. The van der Waals surface area contributed by atoms with E-state index in [9.17, 15) is 0 Å². The van der Waals surface area contributed by atoms with Gasteiger partial charge in [-0.2, -0.15) is 0 Å². The summed E-state index contributed by atoms with van der Waals surface area (Å²) >= 11 is 0. The van der Waals surface area contributed by atoms with Crippen LogP contribution in [0, 0.1) is 0 Å². The summed E-state index contributed by atoms with van der Waals surface area (Å²) in [5.41, 5.74) is 1.41. The standard InChI is InChI=1S/C8H10.C6H16Si.4CH4/c1-2-8-6-4-3-5-7-8;1-5-6-7(2,3)4;;;;/h3-7H,2H2,1H3;5-6H2,1-4H3;4*1H4. The topological polar surface area (TPSA) is 0 Å². The van der Waals surface area contributed by atoms with Crippen molar-refractivity contribution in [2.75, 3.05) is 0 Å². The lowest BCUT2D eigenvalue weighted by atomic mass is 10.2. The molecule has 0 saturated heterocycles. The fraction of sp³-hybridized carbons (Fsp3) is 0.667. The summed E-state index contributed by atoms with van der Waals surface area (Å²) in [6.07, 6.45) is 2.51. The van der Waals surface area contributed by atoms with Gasteiger partial charge in [0.2, 0.25) is 0 Å². The third-order valence-corrected chi connectivity index (χ3v) is 4.25. The molecule has 0 radical (unpaired) electrons. The Morgan fingerprint density at radius 1 is 0.789 bits per heavy atom. The first kappa shape index (κ1) is 31.0. The summed E-state index contributed by atoms with van der Waals surface area (Å²) in [6, 6.07) is 11.9. The molecule has 0 aliphatic heterocycles. The van der Waals surface area contributed by atoms with Crippen molar-refractivity contribution in [1.29, 1.82) is 0 Å². The van der Waals surface area contributed by atoms with Crippen LogP contribution in [0.2, 0.25) is 25.7 Å². The third-order valence-electron chi connectivity index (χ3n) is 2.25. The second-order valence-corrected chi connectivity index (χ2v) is 10.8. The maximum Gasteiger partial charge on any atom is 0.0442 e. The lowest BCUT2D eigenvalue weighted by Crippen LogP contribution is -2.17. The first-order chi connectivity index (χ1) is 6.99. The van der Waals surface area contributed by atoms with Gasteiger partial charge in [0.1, 0.15) is 0 Å². The van der Waals surface area contributed by atoms with Crippen molar-refractivity contribution in [3.63, 3.8) is 0 Å². The van der Waals surface area contributed by atoms with E-state index >= 15 is 0 Å². The highest BCUT2D eigenvalue weighted by Gasteiger charge is 2.09. The smallest absolute Gasteiger partial charge is 0.0442 e. The second kappa shape index (κ2) is 17.4. The largest absolute Gasteiger partial charge is 0.0776 e. The Morgan fingerprint density at radius 3 is 1.37 bits per heavy atom. The summed E-state index contributed by atoms with van der Waals surface area (Å²) in [6.45, 7) is 11.7. The molecule has 0 amide bonds. The molecule has 0 fully saturated rings. The molecule has 0 aliphatic carbocycles. The molecule has 0 spiro atoms. The molecular weight excluding hydrogens is 244 g/mol. The highest BCUT2D eigenvalue weighted by atomic mass is 28.3. The molecular formula is C18H42Si. The maximum absolute atomic E-state index is 2.41. The van der Waals surface area contributed by atoms with Crippen molar-refractivity contribution < 1.29 is 0 Å². The minimum atomic E-state index is -0.657. The van der Waals surface area contributed by atoms with Gasteiger partial charge in [0.15, 0.2) is 0 Å². The predicted octanol–water partition coefficient (Wildman–Crippen LogP) is 7.53. The van der Waals surface area contributed by atoms with Gasteiger partial charge in [0.25, 0.3) is 0 Å². The fourth-order valence-electron chi connectivity index (χ4n) is 1.46. The number of aryl methyl sites for hydroxylation is 1. The Hall–Kier alpha value is -0.563. The van der Waals surface area contributed by atoms with E-state index in [1.807, 2.05) is 6.07 Å². The van der Waals surface area contributed by atoms with Gasteiger partial charge < -0.3 is 0 Å². The van der Waals surface area contributed by atoms with Gasteiger partial charge in [-0.25, -0.2) is 0 Å². The Balaban J connectivity index is -0.0000000573. The van der Waals surface area contributed by atoms with E-state index in [2.05, 4.69) is 57.8 Å². The molecule has 0 aliphatic rings. The molecule has 19 heavy (non-hydrogen) atoms. The molecule has 0 nitrogen and oxygen atoms in total. The Morgan fingerprint density at radius 2 is 1.21 bits per heavy atom. The van der Waals surface area contributed by atoms with Crippen molar-refractivity contribution in [2.24, 2.45) is 0 Å². The van der Waals surface area contributed by atoms with Gasteiger partial charge in [-0.1, -0.05) is 106 Å². The summed E-state index contributed by atoms with van der Waals surface area (Å²) in [5, 5.41) is 0. The van der Waals surface area contributed by atoms with Crippen LogP contribution < -0.4 is 0 Å². The number of hydrogen-bond donors (Lipinski definition) is 0. The zero-order valence-electron chi connectivity index (χ0n) is 11.0. The highest BCUT2D eigenvalue weighted by molar-refractivity contribution is 6.76. The molecule has 0 atom stereocenters. The molecule has 0 aromatic heterocycles. The molecule has 0 unspecified atom stereocenters. The van der Waals surface area contributed by atoms with Crippen molar-refractivity contribution in [2.45, 2.75) is 82.1 Å². The van der Waals surface area contributed by atoms with Crippen LogP contribution in [0.15, 0.2) is 30.3 Å². The summed E-state index contributed by atoms with van der Waals surface area (Å²) in [4.78, 5) is 0. The van der Waals surface area contributed by atoms with Crippen LogP contribution in [0.4, 0.5) is 0 Å². The number of benzene rings is 1. The monoisotopic (exact) mass is 286 g/mol. The first-order valence-corrected chi connectivity index (χ1v) is 9.74. The van der Waals surface area contributed by atoms with Crippen LogP contribution in [0.25, 0.3) is 0 Å². The zero-order chi connectivity index (χ0) is 11.7. The average Bonchev–Trinajstić information content (AvgIpc) is 2.18. The predicted molar refractivity (Wildman–Crippen MR) is 101 cm³/mol. The van der Waals surface area contributed by atoms with Gasteiger partial charge in [-0.05, 0) is 12.0 Å². The van der Waals surface area contributed by atoms with Crippen LogP contribution in [0.1, 0.15) is 55.5 Å². The van der Waals surface area contributed by atoms with E-state index in [1.54, 1.807) is 0 Å². The Kier molecular flexibility index (Phi) is 28.5. The Bertz CT molecular complexity index is 234. The van der Waals surface area contributed by atoms with Crippen molar-refractivity contribution >= 4 is 8.07 Å².